The monoisotopic (exact) mass is 356 g/mol. The molecule has 1 atom stereocenters. The van der Waals surface area contributed by atoms with Crippen LogP contribution in [-0.2, 0) is 7.05 Å². The molecule has 1 heterocycles. The lowest BCUT2D eigenvalue weighted by atomic mass is 10.1. The van der Waals surface area contributed by atoms with Crippen LogP contribution in [0, 0.1) is 0 Å². The van der Waals surface area contributed by atoms with Gasteiger partial charge in [-0.05, 0) is 31.8 Å². The third-order valence-corrected chi connectivity index (χ3v) is 4.65. The van der Waals surface area contributed by atoms with E-state index in [9.17, 15) is 4.79 Å². The van der Waals surface area contributed by atoms with Crippen LogP contribution in [-0.4, -0.2) is 35.3 Å². The number of rotatable bonds is 5. The summed E-state index contributed by atoms with van der Waals surface area (Å²) in [6.45, 7) is 0.617. The third kappa shape index (κ3) is 3.52. The molecule has 130 valence electrons. The van der Waals surface area contributed by atoms with Crippen molar-refractivity contribution >= 4 is 28.2 Å². The minimum atomic E-state index is -0.101. The van der Waals surface area contributed by atoms with E-state index in [1.165, 1.54) is 4.68 Å². The lowest BCUT2D eigenvalue weighted by molar-refractivity contribution is 0.311. The SMILES string of the molecule is CN(C)C(CNc1nn(C)c(=O)c2ccccc12)c1ccccc1Cl. The molecular weight excluding hydrogens is 336 g/mol. The summed E-state index contributed by atoms with van der Waals surface area (Å²) >= 11 is 6.37. The molecular formula is C19H21ClN4O. The molecule has 0 spiro atoms. The molecule has 0 saturated heterocycles. The number of aromatic nitrogens is 2. The first-order chi connectivity index (χ1) is 12.0. The number of halogens is 1. The molecule has 1 aromatic heterocycles. The van der Waals surface area contributed by atoms with Gasteiger partial charge in [-0.15, -0.1) is 0 Å². The van der Waals surface area contributed by atoms with Crippen LogP contribution in [0.1, 0.15) is 11.6 Å². The van der Waals surface area contributed by atoms with Gasteiger partial charge in [0.25, 0.3) is 5.56 Å². The van der Waals surface area contributed by atoms with Crippen molar-refractivity contribution in [3.05, 3.63) is 69.5 Å². The molecule has 3 rings (SSSR count). The van der Waals surface area contributed by atoms with Crippen LogP contribution in [0.4, 0.5) is 5.82 Å². The zero-order valence-corrected chi connectivity index (χ0v) is 15.3. The van der Waals surface area contributed by atoms with Crippen LogP contribution in [0.2, 0.25) is 5.02 Å². The highest BCUT2D eigenvalue weighted by Gasteiger charge is 2.18. The van der Waals surface area contributed by atoms with E-state index in [-0.39, 0.29) is 11.6 Å². The van der Waals surface area contributed by atoms with Crippen molar-refractivity contribution in [3.8, 4) is 0 Å². The minimum Gasteiger partial charge on any atom is -0.366 e. The van der Waals surface area contributed by atoms with E-state index < -0.39 is 0 Å². The van der Waals surface area contributed by atoms with Crippen LogP contribution in [0.5, 0.6) is 0 Å². The highest BCUT2D eigenvalue weighted by molar-refractivity contribution is 6.31. The van der Waals surface area contributed by atoms with Gasteiger partial charge < -0.3 is 10.2 Å². The Balaban J connectivity index is 1.95. The smallest absolute Gasteiger partial charge is 0.274 e. The van der Waals surface area contributed by atoms with Crippen molar-refractivity contribution in [2.75, 3.05) is 26.0 Å². The maximum Gasteiger partial charge on any atom is 0.274 e. The second-order valence-electron chi connectivity index (χ2n) is 6.20. The Kier molecular flexibility index (Phi) is 5.06. The van der Waals surface area contributed by atoms with Gasteiger partial charge in [-0.25, -0.2) is 4.68 Å². The van der Waals surface area contributed by atoms with Gasteiger partial charge in [0.05, 0.1) is 11.4 Å². The summed E-state index contributed by atoms with van der Waals surface area (Å²) in [4.78, 5) is 14.3. The van der Waals surface area contributed by atoms with E-state index in [2.05, 4.69) is 15.3 Å². The van der Waals surface area contributed by atoms with E-state index in [0.717, 1.165) is 16.0 Å². The number of likely N-dealkylation sites (N-methyl/N-ethyl adjacent to an activating group) is 1. The van der Waals surface area contributed by atoms with Crippen molar-refractivity contribution < 1.29 is 0 Å². The number of hydrogen-bond donors (Lipinski definition) is 1. The van der Waals surface area contributed by atoms with E-state index in [0.29, 0.717) is 17.7 Å². The Morgan fingerprint density at radius 3 is 2.44 bits per heavy atom. The Labute approximate surface area is 151 Å². The fraction of sp³-hybridized carbons (Fsp3) is 0.263. The lowest BCUT2D eigenvalue weighted by Crippen LogP contribution is -2.28. The van der Waals surface area contributed by atoms with Crippen molar-refractivity contribution in [1.82, 2.24) is 14.7 Å². The van der Waals surface area contributed by atoms with Gasteiger partial charge in [0.2, 0.25) is 0 Å². The van der Waals surface area contributed by atoms with E-state index >= 15 is 0 Å². The van der Waals surface area contributed by atoms with Gasteiger partial charge in [0, 0.05) is 24.0 Å². The Hall–Kier alpha value is -2.37. The Morgan fingerprint density at radius 1 is 1.12 bits per heavy atom. The molecule has 6 heteroatoms. The molecule has 0 fully saturated rings. The molecule has 0 aliphatic rings. The number of nitrogens with zero attached hydrogens (tertiary/aromatic N) is 3. The van der Waals surface area contributed by atoms with Gasteiger partial charge in [-0.1, -0.05) is 48.0 Å². The largest absolute Gasteiger partial charge is 0.366 e. The normalized spacial score (nSPS) is 12.5. The Morgan fingerprint density at radius 2 is 1.76 bits per heavy atom. The third-order valence-electron chi connectivity index (χ3n) is 4.31. The summed E-state index contributed by atoms with van der Waals surface area (Å²) in [6, 6.07) is 15.4. The maximum absolute atomic E-state index is 12.2. The van der Waals surface area contributed by atoms with Crippen molar-refractivity contribution in [2.45, 2.75) is 6.04 Å². The first kappa shape index (κ1) is 17.5. The molecule has 1 N–H and O–H groups in total. The molecule has 25 heavy (non-hydrogen) atoms. The summed E-state index contributed by atoms with van der Waals surface area (Å²) < 4.78 is 1.37. The van der Waals surface area contributed by atoms with Crippen LogP contribution in [0.3, 0.4) is 0 Å². The minimum absolute atomic E-state index is 0.0755. The second-order valence-corrected chi connectivity index (χ2v) is 6.61. The molecule has 0 radical (unpaired) electrons. The second kappa shape index (κ2) is 7.25. The molecule has 0 saturated carbocycles. The van der Waals surface area contributed by atoms with Crippen LogP contribution in [0.15, 0.2) is 53.3 Å². The summed E-state index contributed by atoms with van der Waals surface area (Å²) in [7, 11) is 5.70. The molecule has 0 bridgehead atoms. The van der Waals surface area contributed by atoms with Crippen LogP contribution < -0.4 is 10.9 Å². The van der Waals surface area contributed by atoms with Gasteiger partial charge in [-0.3, -0.25) is 4.79 Å². The van der Waals surface area contributed by atoms with Crippen LogP contribution in [0.25, 0.3) is 10.8 Å². The fourth-order valence-corrected chi connectivity index (χ4v) is 3.20. The predicted octanol–water partition coefficient (Wildman–Crippen LogP) is 3.30. The number of nitrogens with one attached hydrogen (secondary N) is 1. The highest BCUT2D eigenvalue weighted by atomic mass is 35.5. The summed E-state index contributed by atoms with van der Waals surface area (Å²) in [5, 5.41) is 9.99. The summed E-state index contributed by atoms with van der Waals surface area (Å²) in [6.07, 6.45) is 0. The molecule has 5 nitrogen and oxygen atoms in total. The Bertz CT molecular complexity index is 952. The number of fused-ring (bicyclic) bond motifs is 1. The number of aryl methyl sites for hydroxylation is 1. The maximum atomic E-state index is 12.2. The summed E-state index contributed by atoms with van der Waals surface area (Å²) in [5.74, 6) is 0.691. The first-order valence-electron chi connectivity index (χ1n) is 8.10. The molecule has 3 aromatic rings. The van der Waals surface area contributed by atoms with Crippen molar-refractivity contribution in [2.24, 2.45) is 7.05 Å². The average Bonchev–Trinajstić information content (AvgIpc) is 2.60. The average molecular weight is 357 g/mol. The van der Waals surface area contributed by atoms with E-state index in [1.54, 1.807) is 7.05 Å². The van der Waals surface area contributed by atoms with Crippen molar-refractivity contribution in [1.29, 1.82) is 0 Å². The number of anilines is 1. The van der Waals surface area contributed by atoms with Gasteiger partial charge >= 0.3 is 0 Å². The standard InChI is InChI=1S/C19H21ClN4O/c1-23(2)17(15-10-6-7-11-16(15)20)12-21-18-13-8-4-5-9-14(13)19(25)24(3)22-18/h4-11,17H,12H2,1-3H3,(H,21,22). The number of benzene rings is 2. The van der Waals surface area contributed by atoms with E-state index in [4.69, 9.17) is 11.6 Å². The highest BCUT2D eigenvalue weighted by Crippen LogP contribution is 2.27. The van der Waals surface area contributed by atoms with Crippen molar-refractivity contribution in [3.63, 3.8) is 0 Å². The molecule has 2 aromatic carbocycles. The van der Waals surface area contributed by atoms with Gasteiger partial charge in [0.15, 0.2) is 5.82 Å². The zero-order chi connectivity index (χ0) is 18.0. The van der Waals surface area contributed by atoms with Gasteiger partial charge in [-0.2, -0.15) is 5.10 Å². The quantitative estimate of drug-likeness (QED) is 0.762. The lowest BCUT2D eigenvalue weighted by Gasteiger charge is -2.26. The molecule has 0 aliphatic carbocycles. The van der Waals surface area contributed by atoms with Gasteiger partial charge in [0.1, 0.15) is 0 Å². The zero-order valence-electron chi connectivity index (χ0n) is 14.5. The molecule has 0 aliphatic heterocycles. The predicted molar refractivity (Wildman–Crippen MR) is 103 cm³/mol. The summed E-state index contributed by atoms with van der Waals surface area (Å²) in [5.41, 5.74) is 0.951. The molecule has 1 unspecified atom stereocenters. The van der Waals surface area contributed by atoms with Crippen LogP contribution >= 0.6 is 11.6 Å². The topological polar surface area (TPSA) is 50.2 Å². The van der Waals surface area contributed by atoms with E-state index in [1.807, 2.05) is 62.6 Å². The number of hydrogen-bond acceptors (Lipinski definition) is 4. The molecule has 0 amide bonds. The first-order valence-corrected chi connectivity index (χ1v) is 8.47. The fourth-order valence-electron chi connectivity index (χ4n) is 2.94.